The van der Waals surface area contributed by atoms with Crippen LogP contribution in [0.1, 0.15) is 28.1 Å². The number of aromatic nitrogens is 2. The van der Waals surface area contributed by atoms with E-state index in [2.05, 4.69) is 29.7 Å². The molecule has 0 saturated heterocycles. The monoisotopic (exact) mass is 710 g/mol. The van der Waals surface area contributed by atoms with Gasteiger partial charge in [-0.25, -0.2) is 0 Å². The lowest BCUT2D eigenvalue weighted by Gasteiger charge is -2.21. The van der Waals surface area contributed by atoms with Gasteiger partial charge in [0.15, 0.2) is 5.43 Å². The second-order valence-electron chi connectivity index (χ2n) is 12.7. The second kappa shape index (κ2) is 12.9. The number of hydrogen-bond acceptors (Lipinski definition) is 7. The molecule has 3 N–H and O–H groups in total. The Kier molecular flexibility index (Phi) is 8.25. The summed E-state index contributed by atoms with van der Waals surface area (Å²) in [5, 5.41) is 21.9. The van der Waals surface area contributed by atoms with Crippen LogP contribution in [0.3, 0.4) is 0 Å². The predicted molar refractivity (Wildman–Crippen MR) is 209 cm³/mol. The molecule has 0 radical (unpaired) electrons. The van der Waals surface area contributed by atoms with Gasteiger partial charge in [-0.1, -0.05) is 47.5 Å². The van der Waals surface area contributed by atoms with Crippen LogP contribution in [0.4, 0.5) is 11.4 Å². The first-order valence-electron chi connectivity index (χ1n) is 16.6. The molecule has 8 rings (SSSR count). The highest BCUT2D eigenvalue weighted by Gasteiger charge is 2.25. The lowest BCUT2D eigenvalue weighted by atomic mass is 9.89. The molecule has 3 heterocycles. The fraction of sp³-hybridized carbons (Fsp3) is 0.119. The highest BCUT2D eigenvalue weighted by molar-refractivity contribution is 6.36. The van der Waals surface area contributed by atoms with Crippen LogP contribution in [0.15, 0.2) is 106 Å². The lowest BCUT2D eigenvalue weighted by Crippen LogP contribution is -2.15. The molecule has 2 aromatic heterocycles. The van der Waals surface area contributed by atoms with Gasteiger partial charge in [-0.2, -0.15) is 0 Å². The molecule has 9 heteroatoms. The van der Waals surface area contributed by atoms with Crippen molar-refractivity contribution >= 4 is 67.4 Å². The number of phenols is 1. The molecule has 7 nitrogen and oxygen atoms in total. The van der Waals surface area contributed by atoms with E-state index in [1.807, 2.05) is 86.6 Å². The van der Waals surface area contributed by atoms with Gasteiger partial charge < -0.3 is 20.2 Å². The van der Waals surface area contributed by atoms with Gasteiger partial charge in [-0.15, -0.1) is 0 Å². The van der Waals surface area contributed by atoms with E-state index in [0.29, 0.717) is 32.5 Å². The number of rotatable bonds is 7. The third-order valence-corrected chi connectivity index (χ3v) is 10.1. The van der Waals surface area contributed by atoms with Crippen molar-refractivity contribution in [1.29, 1.82) is 0 Å². The summed E-state index contributed by atoms with van der Waals surface area (Å²) in [7, 11) is 0. The smallest absolute Gasteiger partial charge is 0.187 e. The molecular formula is C42H32Cl2N4O3. The Morgan fingerprint density at radius 2 is 1.24 bits per heavy atom. The minimum atomic E-state index is -0.176. The molecule has 4 aromatic carbocycles. The number of aryl methyl sites for hydroxylation is 3. The molecule has 0 saturated carbocycles. The molecule has 6 aromatic rings. The van der Waals surface area contributed by atoms with Crippen LogP contribution in [-0.4, -0.2) is 15.1 Å². The maximum atomic E-state index is 13.7. The first kappa shape index (κ1) is 32.6. The molecule has 0 amide bonds. The maximum Gasteiger partial charge on any atom is 0.187 e. The van der Waals surface area contributed by atoms with Gasteiger partial charge in [0.1, 0.15) is 17.1 Å². The normalized spacial score (nSPS) is 11.5. The standard InChI is InChI=1S/C42H32Cl2N4O3/c1-22-6-4-5-7-25(22)38-28-12-18-36(49)30(20-45-34-16-14-32(43)26-10-8-23(2)47-39(26)34)41(28)51-42-29(38)13-19-37(50)31(42)21-46-35-17-15-33(44)27-11-9-24(3)48-40(27)35/h4-19,45-46,49H,20-21H2,1-3H3. The predicted octanol–water partition coefficient (Wildman–Crippen LogP) is 10.8. The number of phenolic OH excluding ortho intramolecular Hbond substituents is 1. The highest BCUT2D eigenvalue weighted by Crippen LogP contribution is 2.45. The molecular weight excluding hydrogens is 679 g/mol. The Hall–Kier alpha value is -5.63. The van der Waals surface area contributed by atoms with Gasteiger partial charge in [0.05, 0.1) is 43.6 Å². The largest absolute Gasteiger partial charge is 0.507 e. The van der Waals surface area contributed by atoms with E-state index in [1.54, 1.807) is 12.1 Å². The third kappa shape index (κ3) is 5.78. The summed E-state index contributed by atoms with van der Waals surface area (Å²) < 4.78 is 6.79. The average molecular weight is 712 g/mol. The summed E-state index contributed by atoms with van der Waals surface area (Å²) in [6, 6.07) is 30.3. The number of aromatic hydroxyl groups is 1. The van der Waals surface area contributed by atoms with Crippen LogP contribution in [0.25, 0.3) is 55.2 Å². The van der Waals surface area contributed by atoms with E-state index in [1.165, 1.54) is 0 Å². The molecule has 252 valence electrons. The molecule has 1 aliphatic carbocycles. The van der Waals surface area contributed by atoms with Crippen molar-refractivity contribution in [3.8, 4) is 28.2 Å². The van der Waals surface area contributed by atoms with Gasteiger partial charge in [-0.3, -0.25) is 14.8 Å². The first-order chi connectivity index (χ1) is 24.7. The van der Waals surface area contributed by atoms with Crippen molar-refractivity contribution in [2.75, 3.05) is 10.6 Å². The van der Waals surface area contributed by atoms with E-state index in [-0.39, 0.29) is 24.3 Å². The summed E-state index contributed by atoms with van der Waals surface area (Å²) in [5.74, 6) is 0.493. The summed E-state index contributed by atoms with van der Waals surface area (Å²) in [4.78, 5) is 23.2. The van der Waals surface area contributed by atoms with E-state index < -0.39 is 0 Å². The second-order valence-corrected chi connectivity index (χ2v) is 13.6. The molecule has 0 spiro atoms. The molecule has 2 aliphatic rings. The maximum absolute atomic E-state index is 13.7. The number of nitrogens with zero attached hydrogens (tertiary/aromatic N) is 2. The molecule has 0 bridgehead atoms. The Balaban J connectivity index is 1.31. The quantitative estimate of drug-likeness (QED) is 0.142. The Morgan fingerprint density at radius 1 is 0.647 bits per heavy atom. The summed E-state index contributed by atoms with van der Waals surface area (Å²) in [5.41, 5.74) is 9.71. The summed E-state index contributed by atoms with van der Waals surface area (Å²) in [6.45, 7) is 6.30. The van der Waals surface area contributed by atoms with Crippen molar-refractivity contribution < 1.29 is 9.52 Å². The fourth-order valence-electron chi connectivity index (χ4n) is 6.80. The van der Waals surface area contributed by atoms with Gasteiger partial charge in [-0.05, 0) is 105 Å². The van der Waals surface area contributed by atoms with Gasteiger partial charge >= 0.3 is 0 Å². The molecule has 0 atom stereocenters. The summed E-state index contributed by atoms with van der Waals surface area (Å²) in [6.07, 6.45) is 0. The van der Waals surface area contributed by atoms with Crippen LogP contribution in [0.5, 0.6) is 5.75 Å². The zero-order valence-corrected chi connectivity index (χ0v) is 29.6. The molecule has 51 heavy (non-hydrogen) atoms. The molecule has 0 fully saturated rings. The molecule has 1 aliphatic heterocycles. The summed E-state index contributed by atoms with van der Waals surface area (Å²) >= 11 is 13.0. The van der Waals surface area contributed by atoms with E-state index in [9.17, 15) is 9.90 Å². The van der Waals surface area contributed by atoms with Crippen LogP contribution >= 0.6 is 23.2 Å². The van der Waals surface area contributed by atoms with Crippen molar-refractivity contribution in [2.24, 2.45) is 0 Å². The Labute approximate surface area is 303 Å². The number of halogens is 2. The van der Waals surface area contributed by atoms with Crippen LogP contribution in [-0.2, 0) is 13.1 Å². The van der Waals surface area contributed by atoms with Crippen molar-refractivity contribution in [3.05, 3.63) is 145 Å². The number of pyridine rings is 2. The Morgan fingerprint density at radius 3 is 1.86 bits per heavy atom. The van der Waals surface area contributed by atoms with Crippen LogP contribution in [0.2, 0.25) is 10.0 Å². The van der Waals surface area contributed by atoms with Crippen LogP contribution < -0.4 is 16.1 Å². The number of fused-ring (bicyclic) bond motifs is 4. The highest BCUT2D eigenvalue weighted by atomic mass is 35.5. The van der Waals surface area contributed by atoms with E-state index in [0.717, 1.165) is 72.2 Å². The van der Waals surface area contributed by atoms with Gasteiger partial charge in [0.25, 0.3) is 0 Å². The van der Waals surface area contributed by atoms with Crippen LogP contribution in [0, 0.1) is 20.8 Å². The van der Waals surface area contributed by atoms with E-state index >= 15 is 0 Å². The topological polar surface area (TPSA) is 100 Å². The van der Waals surface area contributed by atoms with Crippen molar-refractivity contribution in [1.82, 2.24) is 9.97 Å². The van der Waals surface area contributed by atoms with E-state index in [4.69, 9.17) is 37.6 Å². The fourth-order valence-corrected chi connectivity index (χ4v) is 7.23. The third-order valence-electron chi connectivity index (χ3n) is 9.41. The minimum absolute atomic E-state index is 0.0586. The number of hydrogen-bond donors (Lipinski definition) is 3. The number of anilines is 2. The number of nitrogens with one attached hydrogen (secondary N) is 2. The number of benzene rings is 5. The zero-order chi connectivity index (χ0) is 35.4. The zero-order valence-electron chi connectivity index (χ0n) is 28.1. The minimum Gasteiger partial charge on any atom is -0.507 e. The van der Waals surface area contributed by atoms with Gasteiger partial charge in [0.2, 0.25) is 0 Å². The van der Waals surface area contributed by atoms with Crippen molar-refractivity contribution in [2.45, 2.75) is 33.9 Å². The molecule has 0 unspecified atom stereocenters. The Bertz CT molecular complexity index is 2710. The lowest BCUT2D eigenvalue weighted by molar-refractivity contribution is 0.467. The first-order valence-corrected chi connectivity index (χ1v) is 17.3. The average Bonchev–Trinajstić information content (AvgIpc) is 3.12. The van der Waals surface area contributed by atoms with Crippen molar-refractivity contribution in [3.63, 3.8) is 0 Å². The van der Waals surface area contributed by atoms with Gasteiger partial charge in [0, 0.05) is 51.8 Å². The SMILES string of the molecule is Cc1ccc2c(Cl)ccc(NCc3c4oc5c(CNc6ccc(Cl)c7ccc(C)nc67)c(O)ccc5c(-c5ccccc5C)c-4ccc3=O)c2n1.